The zero-order chi connectivity index (χ0) is 7.97. The van der Waals surface area contributed by atoms with Crippen LogP contribution in [0.1, 0.15) is 0 Å². The van der Waals surface area contributed by atoms with E-state index in [0.29, 0.717) is 15.0 Å². The quantitative estimate of drug-likeness (QED) is 0.597. The first kappa shape index (κ1) is 7.41. The van der Waals surface area contributed by atoms with Crippen molar-refractivity contribution in [2.75, 3.05) is 0 Å². The summed E-state index contributed by atoms with van der Waals surface area (Å²) in [7, 11) is 0. The van der Waals surface area contributed by atoms with Crippen LogP contribution in [0.15, 0.2) is 44.9 Å². The third kappa shape index (κ3) is 1.03. The average Bonchev–Trinajstić information content (AvgIpc) is 2.64. The molecule has 0 N–H and O–H groups in total. The van der Waals surface area contributed by atoms with E-state index in [-0.39, 0.29) is 0 Å². The molecule has 60 valence electrons. The molecule has 0 aromatic heterocycles. The molecule has 0 nitrogen and oxygen atoms in total. The van der Waals surface area contributed by atoms with E-state index >= 15 is 0 Å². The van der Waals surface area contributed by atoms with Crippen LogP contribution in [0.3, 0.4) is 0 Å². The summed E-state index contributed by atoms with van der Waals surface area (Å²) < 4.78 is 1.67. The van der Waals surface area contributed by atoms with E-state index in [4.69, 9.17) is 0 Å². The zero-order valence-electron chi connectivity index (χ0n) is 6.49. The predicted octanol–water partition coefficient (Wildman–Crippen LogP) is 1.89. The molecule has 12 heavy (non-hydrogen) atoms. The fourth-order valence-electron chi connectivity index (χ4n) is 1.64. The van der Waals surface area contributed by atoms with Crippen molar-refractivity contribution in [3.05, 3.63) is 44.9 Å². The summed E-state index contributed by atoms with van der Waals surface area (Å²) in [6, 6.07) is 0. The van der Waals surface area contributed by atoms with E-state index in [1.54, 1.807) is 10.0 Å². The third-order valence-electron chi connectivity index (χ3n) is 2.27. The summed E-state index contributed by atoms with van der Waals surface area (Å²) >= 11 is 1.47. The van der Waals surface area contributed by atoms with Crippen LogP contribution in [-0.4, -0.2) is 29.9 Å². The Hall–Kier alpha value is -0.00104. The monoisotopic (exact) mass is 288 g/mol. The van der Waals surface area contributed by atoms with Crippen LogP contribution in [0, 0.1) is 0 Å². The number of fused-ring (bicyclic) bond motifs is 2. The summed E-state index contributed by atoms with van der Waals surface area (Å²) in [5.74, 6) is 0. The molecule has 0 aromatic rings. The molecule has 0 bridgehead atoms. The Morgan fingerprint density at radius 2 is 2.42 bits per heavy atom. The number of allylic oxidation sites excluding steroid dienone is 7. The Morgan fingerprint density at radius 1 is 1.42 bits per heavy atom. The molecule has 0 fully saturated rings. The van der Waals surface area contributed by atoms with E-state index in [9.17, 15) is 0 Å². The SMILES string of the molecule is C1=CC2=CC3=CC[Se]C3=CC2[Se]1. The average molecular weight is 286 g/mol. The van der Waals surface area contributed by atoms with Crippen molar-refractivity contribution in [2.45, 2.75) is 10.1 Å². The molecular weight excluding hydrogens is 278 g/mol. The molecule has 1 atom stereocenters. The molecule has 2 aliphatic heterocycles. The van der Waals surface area contributed by atoms with E-state index < -0.39 is 0 Å². The molecule has 0 aromatic carbocycles. The van der Waals surface area contributed by atoms with E-state index in [1.165, 1.54) is 10.9 Å². The minimum absolute atomic E-state index is 0.711. The predicted molar refractivity (Wildman–Crippen MR) is 53.5 cm³/mol. The standard InChI is InChI=1S/C10H8Se2/c1-3-11-9-6-10-8(2-4-12-10)5-7(1)9/h1-3,5-6,9H,4H2. The van der Waals surface area contributed by atoms with Crippen LogP contribution < -0.4 is 0 Å². The maximum atomic E-state index is 2.52. The second-order valence-electron chi connectivity index (χ2n) is 3.01. The van der Waals surface area contributed by atoms with Crippen molar-refractivity contribution in [2.24, 2.45) is 0 Å². The fourth-order valence-corrected chi connectivity index (χ4v) is 6.08. The van der Waals surface area contributed by atoms with Crippen molar-refractivity contribution in [3.8, 4) is 0 Å². The van der Waals surface area contributed by atoms with Gasteiger partial charge in [0.25, 0.3) is 0 Å². The molecule has 3 aliphatic rings. The molecule has 0 saturated carbocycles. The second-order valence-corrected chi connectivity index (χ2v) is 7.44. The molecular formula is C10H8Se2. The molecule has 1 aliphatic carbocycles. The van der Waals surface area contributed by atoms with Crippen LogP contribution in [0.2, 0.25) is 10.1 Å². The first-order chi connectivity index (χ1) is 5.93. The van der Waals surface area contributed by atoms with E-state index in [2.05, 4.69) is 29.3 Å². The molecule has 2 heterocycles. The van der Waals surface area contributed by atoms with E-state index in [0.717, 1.165) is 19.8 Å². The van der Waals surface area contributed by atoms with Crippen molar-refractivity contribution < 1.29 is 0 Å². The Balaban J connectivity index is 2.09. The Bertz CT molecular complexity index is 345. The van der Waals surface area contributed by atoms with Crippen LogP contribution >= 0.6 is 0 Å². The Kier molecular flexibility index (Phi) is 1.70. The van der Waals surface area contributed by atoms with Gasteiger partial charge < -0.3 is 0 Å². The van der Waals surface area contributed by atoms with Gasteiger partial charge in [0.05, 0.1) is 0 Å². The first-order valence-corrected chi connectivity index (χ1v) is 8.07. The summed E-state index contributed by atoms with van der Waals surface area (Å²) in [5.41, 5.74) is 3.09. The fraction of sp³-hybridized carbons (Fsp3) is 0.200. The van der Waals surface area contributed by atoms with Crippen molar-refractivity contribution in [3.63, 3.8) is 0 Å². The van der Waals surface area contributed by atoms with Crippen LogP contribution in [0.5, 0.6) is 0 Å². The summed E-state index contributed by atoms with van der Waals surface area (Å²) in [5, 5.41) is 1.32. The summed E-state index contributed by atoms with van der Waals surface area (Å²) in [6.45, 7) is 0. The van der Waals surface area contributed by atoms with Gasteiger partial charge in [0, 0.05) is 0 Å². The van der Waals surface area contributed by atoms with Gasteiger partial charge in [0.15, 0.2) is 0 Å². The first-order valence-electron chi connectivity index (χ1n) is 4.02. The summed E-state index contributed by atoms with van der Waals surface area (Å²) in [6.07, 6.45) is 9.63. The van der Waals surface area contributed by atoms with Crippen molar-refractivity contribution in [1.82, 2.24) is 0 Å². The minimum atomic E-state index is 0.711. The van der Waals surface area contributed by atoms with Gasteiger partial charge in [-0.1, -0.05) is 0 Å². The Morgan fingerprint density at radius 3 is 3.42 bits per heavy atom. The number of hydrogen-bond acceptors (Lipinski definition) is 0. The van der Waals surface area contributed by atoms with Gasteiger partial charge in [0.2, 0.25) is 0 Å². The third-order valence-corrected chi connectivity index (χ3v) is 6.48. The van der Waals surface area contributed by atoms with Crippen LogP contribution in [0.25, 0.3) is 0 Å². The zero-order valence-corrected chi connectivity index (χ0v) is 9.91. The topological polar surface area (TPSA) is 0 Å². The molecule has 0 amide bonds. The maximum absolute atomic E-state index is 2.52. The van der Waals surface area contributed by atoms with E-state index in [1.807, 2.05) is 0 Å². The summed E-state index contributed by atoms with van der Waals surface area (Å²) in [4.78, 5) is 3.15. The second kappa shape index (κ2) is 2.75. The number of rotatable bonds is 0. The molecule has 1 unspecified atom stereocenters. The molecule has 0 saturated heterocycles. The van der Waals surface area contributed by atoms with Crippen LogP contribution in [-0.2, 0) is 0 Å². The molecule has 0 spiro atoms. The molecule has 0 radical (unpaired) electrons. The van der Waals surface area contributed by atoms with Crippen LogP contribution in [0.4, 0.5) is 0 Å². The van der Waals surface area contributed by atoms with Gasteiger partial charge >= 0.3 is 84.9 Å². The van der Waals surface area contributed by atoms with Gasteiger partial charge in [-0.05, 0) is 0 Å². The normalized spacial score (nSPS) is 30.7. The molecule has 3 rings (SSSR count). The Labute approximate surface area is 84.8 Å². The molecule has 2 heteroatoms. The van der Waals surface area contributed by atoms with Gasteiger partial charge in [-0.15, -0.1) is 0 Å². The van der Waals surface area contributed by atoms with Crippen molar-refractivity contribution in [1.29, 1.82) is 0 Å². The number of hydrogen-bond donors (Lipinski definition) is 0. The van der Waals surface area contributed by atoms with Gasteiger partial charge in [0.1, 0.15) is 0 Å². The van der Waals surface area contributed by atoms with Gasteiger partial charge in [-0.3, -0.25) is 0 Å². The van der Waals surface area contributed by atoms with Crippen molar-refractivity contribution >= 4 is 29.9 Å². The van der Waals surface area contributed by atoms with Gasteiger partial charge in [-0.25, -0.2) is 0 Å². The van der Waals surface area contributed by atoms with Gasteiger partial charge in [-0.2, -0.15) is 0 Å².